The van der Waals surface area contributed by atoms with Crippen molar-refractivity contribution >= 4 is 56.1 Å². The van der Waals surface area contributed by atoms with Gasteiger partial charge in [0.15, 0.2) is 0 Å². The fraction of sp³-hybridized carbons (Fsp3) is 0.143. The number of thiol groups is 1. The van der Waals surface area contributed by atoms with Crippen molar-refractivity contribution in [3.05, 3.63) is 25.6 Å². The summed E-state index contributed by atoms with van der Waals surface area (Å²) >= 11 is 16.9. The van der Waals surface area contributed by atoms with Gasteiger partial charge in [0.2, 0.25) is 0 Å². The molecule has 0 radical (unpaired) electrons. The highest BCUT2D eigenvalue weighted by molar-refractivity contribution is 9.11. The first-order valence-corrected chi connectivity index (χ1v) is 5.28. The van der Waals surface area contributed by atoms with Gasteiger partial charge in [-0.05, 0) is 50.4 Å². The molecule has 0 unspecified atom stereocenters. The van der Waals surface area contributed by atoms with E-state index in [4.69, 9.17) is 11.6 Å². The molecule has 0 aliphatic heterocycles. The van der Waals surface area contributed by atoms with Gasteiger partial charge < -0.3 is 0 Å². The molecule has 1 rings (SSSR count). The van der Waals surface area contributed by atoms with E-state index in [2.05, 4.69) is 44.5 Å². The molecule has 0 nitrogen and oxygen atoms in total. The van der Waals surface area contributed by atoms with Crippen molar-refractivity contribution in [1.82, 2.24) is 0 Å². The normalized spacial score (nSPS) is 10.3. The molecule has 0 spiro atoms. The lowest BCUT2D eigenvalue weighted by molar-refractivity contribution is 1.27. The number of hydrogen-bond acceptors (Lipinski definition) is 1. The van der Waals surface area contributed by atoms with Crippen molar-refractivity contribution in [2.24, 2.45) is 0 Å². The average molecular weight is 316 g/mol. The molecule has 11 heavy (non-hydrogen) atoms. The van der Waals surface area contributed by atoms with Crippen molar-refractivity contribution < 1.29 is 0 Å². The van der Waals surface area contributed by atoms with Gasteiger partial charge in [0.25, 0.3) is 0 Å². The van der Waals surface area contributed by atoms with Crippen molar-refractivity contribution in [3.8, 4) is 0 Å². The Balaban J connectivity index is 3.46. The van der Waals surface area contributed by atoms with Gasteiger partial charge in [-0.25, -0.2) is 0 Å². The second-order valence-electron chi connectivity index (χ2n) is 2.13. The third kappa shape index (κ3) is 1.94. The van der Waals surface area contributed by atoms with E-state index in [0.29, 0.717) is 0 Å². The molecule has 0 fully saturated rings. The minimum Gasteiger partial charge on any atom is -0.142 e. The van der Waals surface area contributed by atoms with Crippen LogP contribution < -0.4 is 0 Å². The van der Waals surface area contributed by atoms with E-state index in [1.165, 1.54) is 0 Å². The highest BCUT2D eigenvalue weighted by Gasteiger charge is 2.07. The van der Waals surface area contributed by atoms with E-state index >= 15 is 0 Å². The molecule has 0 aliphatic rings. The standard InChI is InChI=1S/C7H5Br2ClS/c1-3-6(10)4(8)2-5(9)7(3)11/h2,11H,1H3. The smallest absolute Gasteiger partial charge is 0.0589 e. The molecule has 0 saturated carbocycles. The Labute approximate surface area is 93.0 Å². The molecule has 0 atom stereocenters. The summed E-state index contributed by atoms with van der Waals surface area (Å²) in [6.07, 6.45) is 0. The summed E-state index contributed by atoms with van der Waals surface area (Å²) in [7, 11) is 0. The van der Waals surface area contributed by atoms with Crippen LogP contribution in [0.15, 0.2) is 19.9 Å². The molecule has 0 N–H and O–H groups in total. The van der Waals surface area contributed by atoms with Gasteiger partial charge >= 0.3 is 0 Å². The summed E-state index contributed by atoms with van der Waals surface area (Å²) in [4.78, 5) is 0.887. The Morgan fingerprint density at radius 2 is 1.91 bits per heavy atom. The van der Waals surface area contributed by atoms with E-state index in [9.17, 15) is 0 Å². The van der Waals surface area contributed by atoms with Crippen LogP contribution in [-0.4, -0.2) is 0 Å². The van der Waals surface area contributed by atoms with Gasteiger partial charge in [-0.3, -0.25) is 0 Å². The number of hydrogen-bond donors (Lipinski definition) is 1. The molecule has 0 amide bonds. The third-order valence-corrected chi connectivity index (χ3v) is 4.22. The molecular formula is C7H5Br2ClS. The predicted octanol–water partition coefficient (Wildman–Crippen LogP) is 4.46. The summed E-state index contributed by atoms with van der Waals surface area (Å²) in [6, 6.07) is 1.89. The zero-order valence-corrected chi connectivity index (χ0v) is 10.5. The lowest BCUT2D eigenvalue weighted by atomic mass is 10.2. The highest BCUT2D eigenvalue weighted by Crippen LogP contribution is 2.35. The molecular weight excluding hydrogens is 311 g/mol. The second-order valence-corrected chi connectivity index (χ2v) is 4.66. The van der Waals surface area contributed by atoms with Gasteiger partial charge in [-0.1, -0.05) is 11.6 Å². The average Bonchev–Trinajstić information content (AvgIpc) is 1.97. The van der Waals surface area contributed by atoms with Crippen LogP contribution in [-0.2, 0) is 0 Å². The number of benzene rings is 1. The molecule has 1 aromatic rings. The Morgan fingerprint density at radius 1 is 1.36 bits per heavy atom. The fourth-order valence-electron chi connectivity index (χ4n) is 0.705. The quantitative estimate of drug-likeness (QED) is 0.530. The first-order chi connectivity index (χ1) is 5.04. The van der Waals surface area contributed by atoms with Crippen LogP contribution in [0.25, 0.3) is 0 Å². The molecule has 0 bridgehead atoms. The molecule has 0 heterocycles. The van der Waals surface area contributed by atoms with E-state index in [1.54, 1.807) is 0 Å². The van der Waals surface area contributed by atoms with Crippen molar-refractivity contribution in [2.45, 2.75) is 11.8 Å². The lowest BCUT2D eigenvalue weighted by Crippen LogP contribution is -1.81. The zero-order valence-electron chi connectivity index (χ0n) is 5.66. The monoisotopic (exact) mass is 314 g/mol. The first kappa shape index (κ1) is 9.90. The summed E-state index contributed by atoms with van der Waals surface area (Å²) < 4.78 is 1.84. The summed E-state index contributed by atoms with van der Waals surface area (Å²) in [5.74, 6) is 0. The van der Waals surface area contributed by atoms with Crippen LogP contribution in [0.3, 0.4) is 0 Å². The maximum Gasteiger partial charge on any atom is 0.0589 e. The Morgan fingerprint density at radius 3 is 2.45 bits per heavy atom. The van der Waals surface area contributed by atoms with Crippen LogP contribution >= 0.6 is 56.1 Å². The zero-order chi connectivity index (χ0) is 8.59. The number of rotatable bonds is 0. The van der Waals surface area contributed by atoms with Crippen molar-refractivity contribution in [2.75, 3.05) is 0 Å². The molecule has 0 aliphatic carbocycles. The first-order valence-electron chi connectivity index (χ1n) is 2.87. The largest absolute Gasteiger partial charge is 0.142 e. The van der Waals surface area contributed by atoms with Crippen LogP contribution in [0.4, 0.5) is 0 Å². The van der Waals surface area contributed by atoms with Crippen molar-refractivity contribution in [1.29, 1.82) is 0 Å². The van der Waals surface area contributed by atoms with Gasteiger partial charge in [0.1, 0.15) is 0 Å². The van der Waals surface area contributed by atoms with Crippen LogP contribution in [0.5, 0.6) is 0 Å². The molecule has 60 valence electrons. The highest BCUT2D eigenvalue weighted by atomic mass is 79.9. The van der Waals surface area contributed by atoms with Gasteiger partial charge in [0, 0.05) is 13.8 Å². The maximum atomic E-state index is 5.94. The van der Waals surface area contributed by atoms with Gasteiger partial charge in [-0.2, -0.15) is 0 Å². The Bertz CT molecular complexity index is 273. The summed E-state index contributed by atoms with van der Waals surface area (Å²) in [5.41, 5.74) is 0.983. The van der Waals surface area contributed by atoms with E-state index in [-0.39, 0.29) is 0 Å². The third-order valence-electron chi connectivity index (χ3n) is 1.37. The van der Waals surface area contributed by atoms with E-state index in [1.807, 2.05) is 13.0 Å². The van der Waals surface area contributed by atoms with Crippen LogP contribution in [0.1, 0.15) is 5.56 Å². The minimum atomic E-state index is 0.721. The fourth-order valence-corrected chi connectivity index (χ4v) is 2.46. The van der Waals surface area contributed by atoms with E-state index < -0.39 is 0 Å². The van der Waals surface area contributed by atoms with Crippen molar-refractivity contribution in [3.63, 3.8) is 0 Å². The maximum absolute atomic E-state index is 5.94. The van der Waals surface area contributed by atoms with Crippen LogP contribution in [0.2, 0.25) is 5.02 Å². The lowest BCUT2D eigenvalue weighted by Gasteiger charge is -2.05. The Hall–Kier alpha value is 0.820. The summed E-state index contributed by atoms with van der Waals surface area (Å²) in [6.45, 7) is 1.93. The Kier molecular flexibility index (Phi) is 3.32. The SMILES string of the molecule is Cc1c(S)c(Br)cc(Br)c1Cl. The molecule has 0 aromatic heterocycles. The second kappa shape index (κ2) is 3.69. The van der Waals surface area contributed by atoms with Crippen LogP contribution in [0, 0.1) is 6.92 Å². The summed E-state index contributed by atoms with van der Waals surface area (Å²) in [5, 5.41) is 0.721. The molecule has 1 aromatic carbocycles. The predicted molar refractivity (Wildman–Crippen MR) is 58.8 cm³/mol. The molecule has 0 saturated heterocycles. The topological polar surface area (TPSA) is 0 Å². The molecule has 4 heteroatoms. The van der Waals surface area contributed by atoms with E-state index in [0.717, 1.165) is 24.4 Å². The van der Waals surface area contributed by atoms with Gasteiger partial charge in [0.05, 0.1) is 5.02 Å². The minimum absolute atomic E-state index is 0.721. The number of halogens is 3. The van der Waals surface area contributed by atoms with Gasteiger partial charge in [-0.15, -0.1) is 12.6 Å².